The molecule has 2 saturated heterocycles. The lowest BCUT2D eigenvalue weighted by Crippen LogP contribution is -2.55. The molecule has 0 radical (unpaired) electrons. The Balaban J connectivity index is 1.35. The zero-order chi connectivity index (χ0) is 17.8. The highest BCUT2D eigenvalue weighted by molar-refractivity contribution is 5.78. The minimum absolute atomic E-state index is 0.139. The molecule has 1 saturated carbocycles. The van der Waals surface area contributed by atoms with E-state index in [1.165, 1.54) is 19.3 Å². The molecule has 1 N–H and O–H groups in total. The van der Waals surface area contributed by atoms with Gasteiger partial charge in [-0.2, -0.15) is 0 Å². The summed E-state index contributed by atoms with van der Waals surface area (Å²) in [6, 6.07) is 0.987. The van der Waals surface area contributed by atoms with Crippen molar-refractivity contribution in [3.63, 3.8) is 0 Å². The fourth-order valence-electron chi connectivity index (χ4n) is 4.13. The predicted molar refractivity (Wildman–Crippen MR) is 98.2 cm³/mol. The number of carbonyl (C=O) groups excluding carboxylic acids is 2. The van der Waals surface area contributed by atoms with Crippen LogP contribution in [0.25, 0.3) is 0 Å². The summed E-state index contributed by atoms with van der Waals surface area (Å²) in [6.45, 7) is 10.1. The Morgan fingerprint density at radius 3 is 2.36 bits per heavy atom. The van der Waals surface area contributed by atoms with Gasteiger partial charge < -0.3 is 10.2 Å². The van der Waals surface area contributed by atoms with Crippen molar-refractivity contribution >= 4 is 11.8 Å². The van der Waals surface area contributed by atoms with Crippen LogP contribution < -0.4 is 5.32 Å². The van der Waals surface area contributed by atoms with E-state index in [0.29, 0.717) is 18.9 Å². The second kappa shape index (κ2) is 8.49. The fourth-order valence-corrected chi connectivity index (χ4v) is 4.13. The molecule has 0 aromatic rings. The van der Waals surface area contributed by atoms with E-state index in [1.54, 1.807) is 0 Å². The smallest absolute Gasteiger partial charge is 0.236 e. The van der Waals surface area contributed by atoms with E-state index in [4.69, 9.17) is 0 Å². The fraction of sp³-hybridized carbons (Fsp3) is 0.895. The SMILES string of the molecule is CC(C)CC(=O)NC1CCN(CC(=O)N2CCN(C3CCC3)CC2)C1. The number of nitrogens with one attached hydrogen (secondary N) is 1. The van der Waals surface area contributed by atoms with Crippen LogP contribution in [0.4, 0.5) is 0 Å². The van der Waals surface area contributed by atoms with Crippen LogP contribution in [0.1, 0.15) is 46.0 Å². The number of carbonyl (C=O) groups is 2. The highest BCUT2D eigenvalue weighted by atomic mass is 16.2. The minimum atomic E-state index is 0.139. The molecule has 2 aliphatic heterocycles. The summed E-state index contributed by atoms with van der Waals surface area (Å²) in [5.41, 5.74) is 0. The Labute approximate surface area is 151 Å². The lowest BCUT2D eigenvalue weighted by atomic mass is 9.91. The normalized spacial score (nSPS) is 26.0. The van der Waals surface area contributed by atoms with Crippen molar-refractivity contribution in [2.45, 2.75) is 58.0 Å². The van der Waals surface area contributed by atoms with Crippen molar-refractivity contribution in [3.8, 4) is 0 Å². The van der Waals surface area contributed by atoms with Gasteiger partial charge in [0.05, 0.1) is 6.54 Å². The van der Waals surface area contributed by atoms with E-state index < -0.39 is 0 Å². The van der Waals surface area contributed by atoms with Crippen LogP contribution in [-0.2, 0) is 9.59 Å². The average Bonchev–Trinajstić information content (AvgIpc) is 2.92. The van der Waals surface area contributed by atoms with E-state index in [9.17, 15) is 9.59 Å². The zero-order valence-corrected chi connectivity index (χ0v) is 15.9. The molecule has 6 heteroatoms. The van der Waals surface area contributed by atoms with E-state index in [1.807, 2.05) is 4.90 Å². The summed E-state index contributed by atoms with van der Waals surface area (Å²) in [6.07, 6.45) is 5.58. The van der Waals surface area contributed by atoms with E-state index >= 15 is 0 Å². The molecule has 2 heterocycles. The number of likely N-dealkylation sites (tertiary alicyclic amines) is 1. The molecule has 25 heavy (non-hydrogen) atoms. The predicted octanol–water partition coefficient (Wildman–Crippen LogP) is 0.920. The zero-order valence-electron chi connectivity index (χ0n) is 15.9. The van der Waals surface area contributed by atoms with Gasteiger partial charge in [-0.15, -0.1) is 0 Å². The maximum absolute atomic E-state index is 12.6. The lowest BCUT2D eigenvalue weighted by molar-refractivity contribution is -0.134. The highest BCUT2D eigenvalue weighted by Gasteiger charge is 2.31. The third-order valence-corrected chi connectivity index (χ3v) is 5.85. The minimum Gasteiger partial charge on any atom is -0.352 e. The Kier molecular flexibility index (Phi) is 6.34. The standard InChI is InChI=1S/C19H34N4O2/c1-15(2)12-18(24)20-16-6-7-21(13-16)14-19(25)23-10-8-22(9-11-23)17-4-3-5-17/h15-17H,3-14H2,1-2H3,(H,20,24). The number of hydrogen-bond donors (Lipinski definition) is 1. The summed E-state index contributed by atoms with van der Waals surface area (Å²) < 4.78 is 0. The molecule has 0 aromatic carbocycles. The van der Waals surface area contributed by atoms with Gasteiger partial charge in [0, 0.05) is 57.8 Å². The maximum Gasteiger partial charge on any atom is 0.236 e. The molecule has 142 valence electrons. The summed E-state index contributed by atoms with van der Waals surface area (Å²) in [5, 5.41) is 3.11. The molecular formula is C19H34N4O2. The average molecular weight is 351 g/mol. The van der Waals surface area contributed by atoms with Crippen molar-refractivity contribution in [2.75, 3.05) is 45.8 Å². The van der Waals surface area contributed by atoms with Crippen LogP contribution in [0.3, 0.4) is 0 Å². The van der Waals surface area contributed by atoms with Gasteiger partial charge in [0.25, 0.3) is 0 Å². The molecule has 0 spiro atoms. The summed E-state index contributed by atoms with van der Waals surface area (Å²) in [5.74, 6) is 0.778. The highest BCUT2D eigenvalue weighted by Crippen LogP contribution is 2.25. The van der Waals surface area contributed by atoms with Gasteiger partial charge in [-0.05, 0) is 25.2 Å². The largest absolute Gasteiger partial charge is 0.352 e. The molecule has 0 aromatic heterocycles. The first kappa shape index (κ1) is 18.6. The molecule has 1 atom stereocenters. The maximum atomic E-state index is 12.6. The van der Waals surface area contributed by atoms with E-state index in [-0.39, 0.29) is 17.9 Å². The van der Waals surface area contributed by atoms with Gasteiger partial charge in [0.2, 0.25) is 11.8 Å². The van der Waals surface area contributed by atoms with E-state index in [2.05, 4.69) is 29.0 Å². The lowest BCUT2D eigenvalue weighted by Gasteiger charge is -2.43. The van der Waals surface area contributed by atoms with Crippen molar-refractivity contribution in [1.29, 1.82) is 0 Å². The number of rotatable bonds is 6. The van der Waals surface area contributed by atoms with Crippen LogP contribution in [0.5, 0.6) is 0 Å². The third-order valence-electron chi connectivity index (χ3n) is 5.85. The first-order valence-corrected chi connectivity index (χ1v) is 10.0. The van der Waals surface area contributed by atoms with Crippen LogP contribution in [0.2, 0.25) is 0 Å². The van der Waals surface area contributed by atoms with Gasteiger partial charge in [0.15, 0.2) is 0 Å². The van der Waals surface area contributed by atoms with Gasteiger partial charge in [-0.25, -0.2) is 0 Å². The van der Waals surface area contributed by atoms with Gasteiger partial charge in [0.1, 0.15) is 0 Å². The first-order valence-electron chi connectivity index (χ1n) is 10.0. The second-order valence-electron chi connectivity index (χ2n) is 8.39. The van der Waals surface area contributed by atoms with Crippen LogP contribution in [0, 0.1) is 5.92 Å². The quantitative estimate of drug-likeness (QED) is 0.774. The molecule has 6 nitrogen and oxygen atoms in total. The van der Waals surface area contributed by atoms with Gasteiger partial charge >= 0.3 is 0 Å². The summed E-state index contributed by atoms with van der Waals surface area (Å²) >= 11 is 0. The van der Waals surface area contributed by atoms with Crippen molar-refractivity contribution in [1.82, 2.24) is 20.0 Å². The Morgan fingerprint density at radius 1 is 1.04 bits per heavy atom. The van der Waals surface area contributed by atoms with Crippen LogP contribution in [0.15, 0.2) is 0 Å². The first-order chi connectivity index (χ1) is 12.0. The van der Waals surface area contributed by atoms with Crippen molar-refractivity contribution in [3.05, 3.63) is 0 Å². The molecule has 1 aliphatic carbocycles. The van der Waals surface area contributed by atoms with Crippen LogP contribution in [-0.4, -0.2) is 84.4 Å². The monoisotopic (exact) mass is 350 g/mol. The van der Waals surface area contributed by atoms with Crippen molar-refractivity contribution < 1.29 is 9.59 Å². The van der Waals surface area contributed by atoms with Gasteiger partial charge in [-0.1, -0.05) is 20.3 Å². The Hall–Kier alpha value is -1.14. The van der Waals surface area contributed by atoms with Crippen LogP contribution >= 0.6 is 0 Å². The van der Waals surface area contributed by atoms with E-state index in [0.717, 1.165) is 51.7 Å². The second-order valence-corrected chi connectivity index (χ2v) is 8.39. The number of piperazine rings is 1. The number of amides is 2. The molecule has 3 fully saturated rings. The summed E-state index contributed by atoms with van der Waals surface area (Å²) in [7, 11) is 0. The molecule has 3 aliphatic rings. The molecule has 2 amide bonds. The van der Waals surface area contributed by atoms with Crippen molar-refractivity contribution in [2.24, 2.45) is 5.92 Å². The third kappa shape index (κ3) is 5.17. The molecule has 1 unspecified atom stereocenters. The number of nitrogens with zero attached hydrogens (tertiary/aromatic N) is 3. The molecule has 0 bridgehead atoms. The molecule has 3 rings (SSSR count). The van der Waals surface area contributed by atoms with Gasteiger partial charge in [-0.3, -0.25) is 19.4 Å². The summed E-state index contributed by atoms with van der Waals surface area (Å²) in [4.78, 5) is 31.2. The Morgan fingerprint density at radius 2 is 1.76 bits per heavy atom. The molecular weight excluding hydrogens is 316 g/mol. The Bertz CT molecular complexity index is 470. The number of hydrogen-bond acceptors (Lipinski definition) is 4. The topological polar surface area (TPSA) is 55.9 Å².